The average Bonchev–Trinajstić information content (AvgIpc) is 2.63. The largest absolute Gasteiger partial charge is 0.497 e. The van der Waals surface area contributed by atoms with Gasteiger partial charge in [-0.05, 0) is 35.7 Å². The van der Waals surface area contributed by atoms with Gasteiger partial charge in [0.15, 0.2) is 0 Å². The van der Waals surface area contributed by atoms with E-state index in [1.54, 1.807) is 7.11 Å². The normalized spacial score (nSPS) is 15.5. The Bertz CT molecular complexity index is 678. The third kappa shape index (κ3) is 3.65. The Labute approximate surface area is 144 Å². The lowest BCUT2D eigenvalue weighted by atomic mass is 10.0. The third-order valence-electron chi connectivity index (χ3n) is 4.85. The molecule has 1 heterocycles. The summed E-state index contributed by atoms with van der Waals surface area (Å²) in [7, 11) is 1.72. The number of nitrogens with two attached hydrogens (primary N) is 1. The highest BCUT2D eigenvalue weighted by molar-refractivity contribution is 5.52. The van der Waals surface area contributed by atoms with E-state index in [-0.39, 0.29) is 0 Å². The Kier molecular flexibility index (Phi) is 5.26. The molecule has 0 amide bonds. The highest BCUT2D eigenvalue weighted by Gasteiger charge is 2.18. The van der Waals surface area contributed by atoms with Crippen LogP contribution in [0.2, 0.25) is 0 Å². The third-order valence-corrected chi connectivity index (χ3v) is 4.85. The van der Waals surface area contributed by atoms with Gasteiger partial charge in [0.1, 0.15) is 5.75 Å². The van der Waals surface area contributed by atoms with E-state index in [4.69, 9.17) is 10.5 Å². The Morgan fingerprint density at radius 2 is 1.79 bits per heavy atom. The zero-order chi connectivity index (χ0) is 16.9. The van der Waals surface area contributed by atoms with Crippen molar-refractivity contribution >= 4 is 11.4 Å². The molecule has 1 saturated heterocycles. The molecule has 24 heavy (non-hydrogen) atoms. The van der Waals surface area contributed by atoms with Gasteiger partial charge in [0.2, 0.25) is 0 Å². The predicted octanol–water partition coefficient (Wildman–Crippen LogP) is 3.16. The van der Waals surface area contributed by atoms with Crippen LogP contribution in [0, 0.1) is 0 Å². The molecule has 0 aromatic heterocycles. The zero-order valence-electron chi connectivity index (χ0n) is 14.7. The Balaban J connectivity index is 1.62. The van der Waals surface area contributed by atoms with Crippen molar-refractivity contribution in [1.29, 1.82) is 0 Å². The molecule has 0 aliphatic carbocycles. The van der Waals surface area contributed by atoms with E-state index in [0.717, 1.165) is 50.6 Å². The van der Waals surface area contributed by atoms with E-state index in [9.17, 15) is 0 Å². The molecule has 3 rings (SSSR count). The van der Waals surface area contributed by atoms with Gasteiger partial charge in [0, 0.05) is 50.2 Å². The SMILES string of the molecule is CCc1c(N)cccc1CN1CCN(c2cccc(OC)c2)CC1. The van der Waals surface area contributed by atoms with Gasteiger partial charge < -0.3 is 15.4 Å². The molecule has 0 unspecified atom stereocenters. The lowest BCUT2D eigenvalue weighted by Gasteiger charge is -2.36. The minimum absolute atomic E-state index is 0.919. The van der Waals surface area contributed by atoms with Gasteiger partial charge in [-0.15, -0.1) is 0 Å². The molecule has 1 aliphatic rings. The molecule has 0 saturated carbocycles. The highest BCUT2D eigenvalue weighted by Crippen LogP contribution is 2.24. The molecule has 2 N–H and O–H groups in total. The molecule has 1 fully saturated rings. The maximum absolute atomic E-state index is 6.12. The van der Waals surface area contributed by atoms with Crippen LogP contribution in [0.3, 0.4) is 0 Å². The number of benzene rings is 2. The second-order valence-corrected chi connectivity index (χ2v) is 6.30. The van der Waals surface area contributed by atoms with Crippen LogP contribution in [0.15, 0.2) is 42.5 Å². The van der Waals surface area contributed by atoms with Crippen LogP contribution in [0.5, 0.6) is 5.75 Å². The summed E-state index contributed by atoms with van der Waals surface area (Å²) in [5.41, 5.74) is 11.0. The lowest BCUT2D eigenvalue weighted by Crippen LogP contribution is -2.46. The van der Waals surface area contributed by atoms with Crippen molar-refractivity contribution in [3.8, 4) is 5.75 Å². The van der Waals surface area contributed by atoms with Crippen molar-refractivity contribution in [3.05, 3.63) is 53.6 Å². The number of anilines is 2. The Hall–Kier alpha value is -2.20. The second-order valence-electron chi connectivity index (χ2n) is 6.30. The smallest absolute Gasteiger partial charge is 0.120 e. The quantitative estimate of drug-likeness (QED) is 0.858. The second kappa shape index (κ2) is 7.58. The van der Waals surface area contributed by atoms with Gasteiger partial charge in [-0.3, -0.25) is 4.90 Å². The number of hydrogen-bond donors (Lipinski definition) is 1. The number of hydrogen-bond acceptors (Lipinski definition) is 4. The number of methoxy groups -OCH3 is 1. The molecule has 4 nitrogen and oxygen atoms in total. The number of rotatable bonds is 5. The fourth-order valence-corrected chi connectivity index (χ4v) is 3.45. The van der Waals surface area contributed by atoms with E-state index < -0.39 is 0 Å². The molecule has 128 valence electrons. The Morgan fingerprint density at radius 3 is 2.50 bits per heavy atom. The summed E-state index contributed by atoms with van der Waals surface area (Å²) < 4.78 is 5.33. The average molecular weight is 325 g/mol. The van der Waals surface area contributed by atoms with E-state index in [1.165, 1.54) is 16.8 Å². The number of nitrogens with zero attached hydrogens (tertiary/aromatic N) is 2. The first-order valence-corrected chi connectivity index (χ1v) is 8.69. The molecule has 2 aromatic carbocycles. The number of nitrogen functional groups attached to an aromatic ring is 1. The first kappa shape index (κ1) is 16.7. The summed E-state index contributed by atoms with van der Waals surface area (Å²) in [5, 5.41) is 0. The zero-order valence-corrected chi connectivity index (χ0v) is 14.7. The standard InChI is InChI=1S/C20H27N3O/c1-3-19-16(6-4-9-20(19)21)15-22-10-12-23(13-11-22)17-7-5-8-18(14-17)24-2/h4-9,14H,3,10-13,15,21H2,1-2H3. The van der Waals surface area contributed by atoms with E-state index >= 15 is 0 Å². The molecular formula is C20H27N3O. The van der Waals surface area contributed by atoms with Gasteiger partial charge in [0.25, 0.3) is 0 Å². The first-order valence-electron chi connectivity index (χ1n) is 8.69. The molecule has 0 spiro atoms. The van der Waals surface area contributed by atoms with E-state index in [1.807, 2.05) is 12.1 Å². The summed E-state index contributed by atoms with van der Waals surface area (Å²) in [6.07, 6.45) is 0.992. The van der Waals surface area contributed by atoms with Crippen LogP contribution >= 0.6 is 0 Å². The number of piperazine rings is 1. The van der Waals surface area contributed by atoms with Crippen LogP contribution in [-0.4, -0.2) is 38.2 Å². The molecule has 0 bridgehead atoms. The summed E-state index contributed by atoms with van der Waals surface area (Å²) in [5.74, 6) is 0.919. The maximum atomic E-state index is 6.12. The lowest BCUT2D eigenvalue weighted by molar-refractivity contribution is 0.249. The molecule has 0 atom stereocenters. The van der Waals surface area contributed by atoms with Crippen molar-refractivity contribution in [2.45, 2.75) is 19.9 Å². The van der Waals surface area contributed by atoms with Crippen molar-refractivity contribution in [1.82, 2.24) is 4.90 Å². The molecule has 0 radical (unpaired) electrons. The van der Waals surface area contributed by atoms with Gasteiger partial charge in [0.05, 0.1) is 7.11 Å². The van der Waals surface area contributed by atoms with Gasteiger partial charge in [-0.25, -0.2) is 0 Å². The first-order chi connectivity index (χ1) is 11.7. The van der Waals surface area contributed by atoms with Crippen LogP contribution in [0.4, 0.5) is 11.4 Å². The monoisotopic (exact) mass is 325 g/mol. The van der Waals surface area contributed by atoms with Crippen LogP contribution < -0.4 is 15.4 Å². The van der Waals surface area contributed by atoms with E-state index in [2.05, 4.69) is 47.1 Å². The number of ether oxygens (including phenoxy) is 1. The maximum Gasteiger partial charge on any atom is 0.120 e. The molecular weight excluding hydrogens is 298 g/mol. The van der Waals surface area contributed by atoms with Crippen LogP contribution in [0.1, 0.15) is 18.1 Å². The van der Waals surface area contributed by atoms with Crippen molar-refractivity contribution in [2.24, 2.45) is 0 Å². The van der Waals surface area contributed by atoms with Crippen molar-refractivity contribution in [2.75, 3.05) is 43.9 Å². The summed E-state index contributed by atoms with van der Waals surface area (Å²) >= 11 is 0. The minimum Gasteiger partial charge on any atom is -0.497 e. The van der Waals surface area contributed by atoms with Crippen molar-refractivity contribution < 1.29 is 4.74 Å². The van der Waals surface area contributed by atoms with Gasteiger partial charge in [-0.2, -0.15) is 0 Å². The Morgan fingerprint density at radius 1 is 1.04 bits per heavy atom. The fraction of sp³-hybridized carbons (Fsp3) is 0.400. The van der Waals surface area contributed by atoms with Crippen LogP contribution in [0.25, 0.3) is 0 Å². The predicted molar refractivity (Wildman–Crippen MR) is 101 cm³/mol. The topological polar surface area (TPSA) is 41.7 Å². The molecule has 1 aliphatic heterocycles. The van der Waals surface area contributed by atoms with E-state index in [0.29, 0.717) is 0 Å². The van der Waals surface area contributed by atoms with Gasteiger partial charge >= 0.3 is 0 Å². The van der Waals surface area contributed by atoms with Gasteiger partial charge in [-0.1, -0.05) is 25.1 Å². The molecule has 2 aromatic rings. The summed E-state index contributed by atoms with van der Waals surface area (Å²) in [6, 6.07) is 14.6. The highest BCUT2D eigenvalue weighted by atomic mass is 16.5. The van der Waals surface area contributed by atoms with Crippen LogP contribution in [-0.2, 0) is 13.0 Å². The summed E-state index contributed by atoms with van der Waals surface area (Å²) in [6.45, 7) is 7.37. The van der Waals surface area contributed by atoms with Crippen molar-refractivity contribution in [3.63, 3.8) is 0 Å². The summed E-state index contributed by atoms with van der Waals surface area (Å²) in [4.78, 5) is 4.95. The fourth-order valence-electron chi connectivity index (χ4n) is 3.45. The molecule has 4 heteroatoms. The minimum atomic E-state index is 0.919.